The van der Waals surface area contributed by atoms with Gasteiger partial charge < -0.3 is 27.0 Å². The van der Waals surface area contributed by atoms with E-state index in [1.165, 1.54) is 6.11 Å². The molecule has 0 rings (SSSR count). The smallest absolute Gasteiger partial charge is 0.103 e. The Morgan fingerprint density at radius 3 is 1.00 bits per heavy atom. The molecule has 0 aliphatic carbocycles. The van der Waals surface area contributed by atoms with Gasteiger partial charge in [-0.3, -0.25) is 0 Å². The molecule has 0 aromatic heterocycles. The lowest BCUT2D eigenvalue weighted by Gasteiger charge is -1.32. The van der Waals surface area contributed by atoms with Crippen LogP contribution in [0.3, 0.4) is 0 Å². The second kappa shape index (κ2) is 2290. The van der Waals surface area contributed by atoms with E-state index in [0.29, 0.717) is 0 Å². The van der Waals surface area contributed by atoms with Crippen LogP contribution in [0.25, 0.3) is 0 Å². The summed E-state index contributed by atoms with van der Waals surface area (Å²) in [5, 5.41) is 7.10. The van der Waals surface area contributed by atoms with Crippen LogP contribution in [0.15, 0.2) is 0 Å². The summed E-state index contributed by atoms with van der Waals surface area (Å²) in [6.45, 7) is 0. The molecule has 0 saturated carbocycles. The minimum Gasteiger partial charge on any atom is -0.462 e. The molecule has 0 aliphatic heterocycles. The van der Waals surface area contributed by atoms with E-state index >= 15 is 0 Å². The van der Waals surface area contributed by atoms with Gasteiger partial charge in [0.1, 0.15) is 6.11 Å². The molecule has 5 nitrogen and oxygen atoms in total. The Morgan fingerprint density at radius 2 is 1.00 bits per heavy atom. The van der Waals surface area contributed by atoms with Crippen LogP contribution in [-0.4, -0.2) is 27.0 Å². The van der Waals surface area contributed by atoms with Crippen molar-refractivity contribution in [1.29, 1.82) is 0 Å². The van der Waals surface area contributed by atoms with Crippen molar-refractivity contribution in [3.63, 3.8) is 0 Å². The summed E-state index contributed by atoms with van der Waals surface area (Å²) in [5.74, 6) is 0. The summed E-state index contributed by atoms with van der Waals surface area (Å²) in [7, 11) is 0. The van der Waals surface area contributed by atoms with Crippen molar-refractivity contribution in [2.45, 2.75) is 0 Å². The van der Waals surface area contributed by atoms with Crippen molar-refractivity contribution < 1.29 is 27.0 Å². The van der Waals surface area contributed by atoms with Gasteiger partial charge in [0, 0.05) is 0 Å². The minimum absolute atomic E-state index is 0. The van der Waals surface area contributed by atoms with Crippen molar-refractivity contribution in [1.82, 2.24) is 0 Å². The lowest BCUT2D eigenvalue weighted by atomic mass is 11.3. The summed E-state index contributed by atoms with van der Waals surface area (Å²) in [5.41, 5.74) is 0. The summed E-state index contributed by atoms with van der Waals surface area (Å²) >= 11 is 0. The maximum Gasteiger partial charge on any atom is 0.103 e. The monoisotopic (exact) mass is 114 g/mol. The van der Waals surface area contributed by atoms with Crippen LogP contribution < -0.4 is 0 Å². The van der Waals surface area contributed by atoms with Crippen LogP contribution in [0.2, 0.25) is 0 Å². The third kappa shape index (κ3) is 83.2. The standard InChI is InChI=1S/C2H2O.4H2O/c1-2-3;;;;/h1,3H;4*1H2. The van der Waals surface area contributed by atoms with Crippen LogP contribution >= 0.6 is 0 Å². The Bertz CT molecular complexity index is 27.6. The Labute approximate surface area is 40.8 Å². The third-order valence-corrected chi connectivity index (χ3v) is 0. The molecule has 0 bridgehead atoms. The van der Waals surface area contributed by atoms with E-state index < -0.39 is 0 Å². The van der Waals surface area contributed by atoms with E-state index in [1.54, 1.807) is 0 Å². The van der Waals surface area contributed by atoms with Crippen molar-refractivity contribution in [2.75, 3.05) is 0 Å². The zero-order valence-electron chi connectivity index (χ0n) is 3.52. The van der Waals surface area contributed by atoms with Crippen LogP contribution in [-0.2, 0) is 0 Å². The van der Waals surface area contributed by atoms with Crippen molar-refractivity contribution in [3.05, 3.63) is 0 Å². The molecular weight excluding hydrogens is 104 g/mol. The largest absolute Gasteiger partial charge is 0.462 e. The first-order chi connectivity index (χ1) is 1.41. The number of aliphatic hydroxyl groups is 1. The lowest BCUT2D eigenvalue weighted by Crippen LogP contribution is -1.27. The number of terminal acetylenes is 1. The molecule has 48 valence electrons. The zero-order chi connectivity index (χ0) is 2.71. The molecule has 0 aliphatic rings. The second-order valence-electron chi connectivity index (χ2n) is 0.129. The zero-order valence-corrected chi connectivity index (χ0v) is 3.52. The molecule has 0 radical (unpaired) electrons. The van der Waals surface area contributed by atoms with Gasteiger partial charge in [-0.1, -0.05) is 6.42 Å². The van der Waals surface area contributed by atoms with Gasteiger partial charge in [-0.15, -0.1) is 0 Å². The van der Waals surface area contributed by atoms with Crippen molar-refractivity contribution >= 4 is 0 Å². The Balaban J connectivity index is -0.00000000333. The molecule has 0 unspecified atom stereocenters. The van der Waals surface area contributed by atoms with Crippen molar-refractivity contribution in [3.8, 4) is 12.5 Å². The van der Waals surface area contributed by atoms with Gasteiger partial charge in [-0.25, -0.2) is 0 Å². The average molecular weight is 114 g/mol. The maximum atomic E-state index is 7.10. The maximum absolute atomic E-state index is 7.10. The topological polar surface area (TPSA) is 146 Å². The molecule has 7 heavy (non-hydrogen) atoms. The quantitative estimate of drug-likeness (QED) is 0.322. The highest BCUT2D eigenvalue weighted by Crippen LogP contribution is 1.06. The fourth-order valence-electron chi connectivity index (χ4n) is 0. The van der Waals surface area contributed by atoms with Gasteiger partial charge in [0.25, 0.3) is 0 Å². The molecule has 9 N–H and O–H groups in total. The number of rotatable bonds is 0. The molecule has 0 aromatic carbocycles. The van der Waals surface area contributed by atoms with Gasteiger partial charge in [0.05, 0.1) is 0 Å². The second-order valence-corrected chi connectivity index (χ2v) is 0.129. The highest BCUT2D eigenvalue weighted by atomic mass is 16.2. The predicted molar refractivity (Wildman–Crippen MR) is 25.2 cm³/mol. The minimum atomic E-state index is 0. The number of aliphatic hydroxyl groups excluding tert-OH is 1. The van der Waals surface area contributed by atoms with Crippen LogP contribution in [0.5, 0.6) is 0 Å². The van der Waals surface area contributed by atoms with E-state index in [1.807, 2.05) is 0 Å². The molecule has 0 saturated heterocycles. The Morgan fingerprint density at radius 1 is 1.00 bits per heavy atom. The third-order valence-electron chi connectivity index (χ3n) is 0. The fourth-order valence-corrected chi connectivity index (χ4v) is 0. The first-order valence-electron chi connectivity index (χ1n) is 0.512. The van der Waals surface area contributed by atoms with E-state index in [2.05, 4.69) is 6.42 Å². The first kappa shape index (κ1) is 116. The summed E-state index contributed by atoms with van der Waals surface area (Å²) in [6.07, 6.45) is 5.40. The Kier molecular flexibility index (Phi) is 38100. The van der Waals surface area contributed by atoms with E-state index in [4.69, 9.17) is 5.11 Å². The molecule has 5 heteroatoms. The number of hydrogen-bond donors (Lipinski definition) is 1. The fraction of sp³-hybridized carbons (Fsp3) is 0. The molecule has 0 aromatic rings. The molecule has 0 heterocycles. The van der Waals surface area contributed by atoms with E-state index in [0.717, 1.165) is 0 Å². The lowest BCUT2D eigenvalue weighted by molar-refractivity contribution is 0.518. The first-order valence-corrected chi connectivity index (χ1v) is 0.512. The predicted octanol–water partition coefficient (Wildman–Crippen LogP) is -3.35. The normalized spacial score (nSPS) is 1.00. The molecule has 0 amide bonds. The average Bonchev–Trinajstić information content (AvgIpc) is 0.918. The van der Waals surface area contributed by atoms with Gasteiger partial charge in [0.15, 0.2) is 0 Å². The summed E-state index contributed by atoms with van der Waals surface area (Å²) < 4.78 is 0. The van der Waals surface area contributed by atoms with E-state index in [9.17, 15) is 0 Å². The highest BCUT2D eigenvalue weighted by molar-refractivity contribution is 4.61. The summed E-state index contributed by atoms with van der Waals surface area (Å²) in [6, 6.07) is 0. The van der Waals surface area contributed by atoms with Gasteiger partial charge >= 0.3 is 0 Å². The molecule has 0 atom stereocenters. The van der Waals surface area contributed by atoms with Crippen molar-refractivity contribution in [2.24, 2.45) is 0 Å². The van der Waals surface area contributed by atoms with E-state index in [-0.39, 0.29) is 21.9 Å². The summed E-state index contributed by atoms with van der Waals surface area (Å²) in [4.78, 5) is 0. The van der Waals surface area contributed by atoms with Crippen LogP contribution in [0.4, 0.5) is 0 Å². The molecule has 0 spiro atoms. The van der Waals surface area contributed by atoms with Gasteiger partial charge in [-0.2, -0.15) is 0 Å². The molecule has 0 fully saturated rings. The SMILES string of the molecule is C#CO.O.O.O.O. The van der Waals surface area contributed by atoms with Gasteiger partial charge in [0.2, 0.25) is 0 Å². The van der Waals surface area contributed by atoms with Crippen LogP contribution in [0, 0.1) is 12.5 Å². The van der Waals surface area contributed by atoms with Gasteiger partial charge in [-0.05, 0) is 0 Å². The number of hydrogen-bond acceptors (Lipinski definition) is 1. The molecular formula is C2H10O5. The Hall–Kier alpha value is -0.800. The van der Waals surface area contributed by atoms with Crippen LogP contribution in [0.1, 0.15) is 0 Å². The highest BCUT2D eigenvalue weighted by Gasteiger charge is 1.06.